The first-order valence-electron chi connectivity index (χ1n) is 6.78. The van der Waals surface area contributed by atoms with E-state index in [1.54, 1.807) is 25.3 Å². The second-order valence-corrected chi connectivity index (χ2v) is 5.48. The number of benzene rings is 1. The van der Waals surface area contributed by atoms with E-state index < -0.39 is 0 Å². The molecule has 19 heavy (non-hydrogen) atoms. The Morgan fingerprint density at radius 2 is 2.21 bits per heavy atom. The second kappa shape index (κ2) is 6.29. The maximum Gasteiger partial charge on any atom is 0.257 e. The molecule has 2 rings (SSSR count). The first-order valence-corrected chi connectivity index (χ1v) is 7.16. The normalized spacial score (nSPS) is 14.3. The zero-order valence-electron chi connectivity index (χ0n) is 11.5. The molecule has 1 saturated carbocycles. The summed E-state index contributed by atoms with van der Waals surface area (Å²) in [5, 5.41) is 0.562. The number of methoxy groups -OCH3 is 1. The average molecular weight is 282 g/mol. The molecule has 3 nitrogen and oxygen atoms in total. The summed E-state index contributed by atoms with van der Waals surface area (Å²) in [6.45, 7) is 3.72. The van der Waals surface area contributed by atoms with Crippen molar-refractivity contribution in [3.05, 3.63) is 28.8 Å². The van der Waals surface area contributed by atoms with Crippen LogP contribution in [-0.4, -0.2) is 31.0 Å². The molecule has 1 aromatic carbocycles. The second-order valence-electron chi connectivity index (χ2n) is 5.04. The molecular weight excluding hydrogens is 262 g/mol. The first-order chi connectivity index (χ1) is 9.15. The Kier molecular flexibility index (Phi) is 4.70. The van der Waals surface area contributed by atoms with Gasteiger partial charge in [0.1, 0.15) is 5.75 Å². The number of carbonyl (C=O) groups is 1. The molecule has 0 heterocycles. The standard InChI is InChI=1S/C15H20ClNO2/c1-3-8-17(10-11-4-5-11)15(18)13-9-12(16)6-7-14(13)19-2/h6-7,9,11H,3-5,8,10H2,1-2H3. The van der Waals surface area contributed by atoms with E-state index in [0.717, 1.165) is 19.5 Å². The van der Waals surface area contributed by atoms with Gasteiger partial charge in [-0.3, -0.25) is 4.79 Å². The minimum atomic E-state index is 0.0214. The highest BCUT2D eigenvalue weighted by molar-refractivity contribution is 6.31. The lowest BCUT2D eigenvalue weighted by Gasteiger charge is -2.23. The van der Waals surface area contributed by atoms with Crippen LogP contribution in [0.15, 0.2) is 18.2 Å². The van der Waals surface area contributed by atoms with Crippen LogP contribution in [0.1, 0.15) is 36.5 Å². The summed E-state index contributed by atoms with van der Waals surface area (Å²) in [4.78, 5) is 14.5. The zero-order valence-corrected chi connectivity index (χ0v) is 12.2. The maximum atomic E-state index is 12.6. The highest BCUT2D eigenvalue weighted by Gasteiger charge is 2.28. The predicted molar refractivity (Wildman–Crippen MR) is 76.9 cm³/mol. The summed E-state index contributed by atoms with van der Waals surface area (Å²) in [6.07, 6.45) is 3.43. The van der Waals surface area contributed by atoms with E-state index in [9.17, 15) is 4.79 Å². The molecule has 0 bridgehead atoms. The molecule has 1 aliphatic rings. The molecular formula is C15H20ClNO2. The number of nitrogens with zero attached hydrogens (tertiary/aromatic N) is 1. The number of hydrogen-bond donors (Lipinski definition) is 0. The fraction of sp³-hybridized carbons (Fsp3) is 0.533. The largest absolute Gasteiger partial charge is 0.496 e. The molecule has 104 valence electrons. The Labute approximate surface area is 119 Å². The van der Waals surface area contributed by atoms with Crippen molar-refractivity contribution in [3.8, 4) is 5.75 Å². The lowest BCUT2D eigenvalue weighted by Crippen LogP contribution is -2.33. The van der Waals surface area contributed by atoms with E-state index in [1.165, 1.54) is 12.8 Å². The molecule has 0 N–H and O–H groups in total. The molecule has 1 aliphatic carbocycles. The van der Waals surface area contributed by atoms with Crippen LogP contribution in [0.25, 0.3) is 0 Å². The number of ether oxygens (including phenoxy) is 1. The number of halogens is 1. The van der Waals surface area contributed by atoms with Crippen LogP contribution in [0, 0.1) is 5.92 Å². The minimum absolute atomic E-state index is 0.0214. The first kappa shape index (κ1) is 14.2. The van der Waals surface area contributed by atoms with E-state index in [-0.39, 0.29) is 5.91 Å². The predicted octanol–water partition coefficient (Wildman–Crippen LogP) is 3.61. The van der Waals surface area contributed by atoms with Gasteiger partial charge in [-0.1, -0.05) is 18.5 Å². The van der Waals surface area contributed by atoms with Crippen molar-refractivity contribution in [2.24, 2.45) is 5.92 Å². The highest BCUT2D eigenvalue weighted by atomic mass is 35.5. The monoisotopic (exact) mass is 281 g/mol. The van der Waals surface area contributed by atoms with E-state index in [1.807, 2.05) is 4.90 Å². The van der Waals surface area contributed by atoms with Crippen LogP contribution < -0.4 is 4.74 Å². The van der Waals surface area contributed by atoms with Gasteiger partial charge < -0.3 is 9.64 Å². The summed E-state index contributed by atoms with van der Waals surface area (Å²) < 4.78 is 5.26. The summed E-state index contributed by atoms with van der Waals surface area (Å²) in [5.74, 6) is 1.29. The zero-order chi connectivity index (χ0) is 13.8. The quantitative estimate of drug-likeness (QED) is 0.797. The van der Waals surface area contributed by atoms with Crippen molar-refractivity contribution in [1.82, 2.24) is 4.90 Å². The van der Waals surface area contributed by atoms with Crippen LogP contribution in [0.3, 0.4) is 0 Å². The van der Waals surface area contributed by atoms with Gasteiger partial charge in [0.15, 0.2) is 0 Å². The van der Waals surface area contributed by atoms with Gasteiger partial charge >= 0.3 is 0 Å². The molecule has 0 atom stereocenters. The van der Waals surface area contributed by atoms with Crippen molar-refractivity contribution in [2.75, 3.05) is 20.2 Å². The van der Waals surface area contributed by atoms with Crippen LogP contribution in [0.5, 0.6) is 5.75 Å². The Balaban J connectivity index is 2.21. The SMILES string of the molecule is CCCN(CC1CC1)C(=O)c1cc(Cl)ccc1OC. The third kappa shape index (κ3) is 3.63. The summed E-state index contributed by atoms with van der Waals surface area (Å²) in [6, 6.07) is 5.18. The van der Waals surface area contributed by atoms with E-state index in [0.29, 0.717) is 22.3 Å². The van der Waals surface area contributed by atoms with Crippen LogP contribution in [0.4, 0.5) is 0 Å². The lowest BCUT2D eigenvalue weighted by molar-refractivity contribution is 0.0744. The van der Waals surface area contributed by atoms with Crippen LogP contribution in [0.2, 0.25) is 5.02 Å². The third-order valence-electron chi connectivity index (χ3n) is 3.35. The van der Waals surface area contributed by atoms with Crippen molar-refractivity contribution < 1.29 is 9.53 Å². The van der Waals surface area contributed by atoms with Gasteiger partial charge in [-0.15, -0.1) is 0 Å². The molecule has 0 unspecified atom stereocenters. The third-order valence-corrected chi connectivity index (χ3v) is 3.58. The Morgan fingerprint density at radius 3 is 2.79 bits per heavy atom. The van der Waals surface area contributed by atoms with Crippen molar-refractivity contribution in [1.29, 1.82) is 0 Å². The van der Waals surface area contributed by atoms with E-state index in [2.05, 4.69) is 6.92 Å². The van der Waals surface area contributed by atoms with Gasteiger partial charge in [-0.2, -0.15) is 0 Å². The number of carbonyl (C=O) groups excluding carboxylic acids is 1. The van der Waals surface area contributed by atoms with Gasteiger partial charge in [-0.25, -0.2) is 0 Å². The van der Waals surface area contributed by atoms with E-state index >= 15 is 0 Å². The van der Waals surface area contributed by atoms with Gasteiger partial charge in [0.2, 0.25) is 0 Å². The number of hydrogen-bond acceptors (Lipinski definition) is 2. The molecule has 1 amide bonds. The molecule has 0 aromatic heterocycles. The molecule has 1 aromatic rings. The number of amides is 1. The Hall–Kier alpha value is -1.22. The molecule has 4 heteroatoms. The average Bonchev–Trinajstić information content (AvgIpc) is 3.21. The molecule has 0 spiro atoms. The van der Waals surface area contributed by atoms with Gasteiger partial charge in [0, 0.05) is 18.1 Å². The van der Waals surface area contributed by atoms with Crippen molar-refractivity contribution in [3.63, 3.8) is 0 Å². The minimum Gasteiger partial charge on any atom is -0.496 e. The molecule has 0 radical (unpaired) electrons. The topological polar surface area (TPSA) is 29.5 Å². The summed E-state index contributed by atoms with van der Waals surface area (Å²) in [5.41, 5.74) is 0.559. The molecule has 1 fully saturated rings. The van der Waals surface area contributed by atoms with Gasteiger partial charge in [0.25, 0.3) is 5.91 Å². The van der Waals surface area contributed by atoms with Crippen molar-refractivity contribution in [2.45, 2.75) is 26.2 Å². The smallest absolute Gasteiger partial charge is 0.257 e. The Morgan fingerprint density at radius 1 is 1.47 bits per heavy atom. The fourth-order valence-electron chi connectivity index (χ4n) is 2.18. The summed E-state index contributed by atoms with van der Waals surface area (Å²) in [7, 11) is 1.57. The van der Waals surface area contributed by atoms with Gasteiger partial charge in [-0.05, 0) is 43.4 Å². The fourth-order valence-corrected chi connectivity index (χ4v) is 2.35. The van der Waals surface area contributed by atoms with Crippen LogP contribution in [-0.2, 0) is 0 Å². The maximum absolute atomic E-state index is 12.6. The number of rotatable bonds is 6. The summed E-state index contributed by atoms with van der Waals surface area (Å²) >= 11 is 5.99. The molecule has 0 aliphatic heterocycles. The highest BCUT2D eigenvalue weighted by Crippen LogP contribution is 2.31. The lowest BCUT2D eigenvalue weighted by atomic mass is 10.1. The van der Waals surface area contributed by atoms with E-state index in [4.69, 9.17) is 16.3 Å². The van der Waals surface area contributed by atoms with Crippen LogP contribution >= 0.6 is 11.6 Å². The molecule has 0 saturated heterocycles. The van der Waals surface area contributed by atoms with Gasteiger partial charge in [0.05, 0.1) is 12.7 Å². The van der Waals surface area contributed by atoms with Crippen molar-refractivity contribution >= 4 is 17.5 Å². The Bertz CT molecular complexity index is 457.